The molecule has 17 heavy (non-hydrogen) atoms. The number of nitrogens with one attached hydrogen (secondary N) is 1. The van der Waals surface area contributed by atoms with Crippen molar-refractivity contribution >= 4 is 5.97 Å². The molecule has 0 aromatic heterocycles. The van der Waals surface area contributed by atoms with Crippen molar-refractivity contribution in [2.75, 3.05) is 13.6 Å². The first-order valence-corrected chi connectivity index (χ1v) is 6.59. The van der Waals surface area contributed by atoms with E-state index in [1.165, 1.54) is 19.3 Å². The minimum atomic E-state index is -0.823. The average Bonchev–Trinajstić information content (AvgIpc) is 2.29. The number of carboxylic acid groups (broad SMARTS) is 1. The van der Waals surface area contributed by atoms with Gasteiger partial charge in [0, 0.05) is 12.1 Å². The molecule has 1 fully saturated rings. The highest BCUT2D eigenvalue weighted by atomic mass is 16.4. The summed E-state index contributed by atoms with van der Waals surface area (Å²) in [6.45, 7) is 7.25. The second-order valence-corrected chi connectivity index (χ2v) is 5.52. The van der Waals surface area contributed by atoms with Crippen LogP contribution in [0.15, 0.2) is 0 Å². The first kappa shape index (κ1) is 14.5. The van der Waals surface area contributed by atoms with E-state index >= 15 is 0 Å². The van der Waals surface area contributed by atoms with Crippen molar-refractivity contribution in [2.24, 2.45) is 0 Å². The molecule has 0 aliphatic carbocycles. The van der Waals surface area contributed by atoms with Gasteiger partial charge in [-0.3, -0.25) is 9.69 Å². The molecule has 0 spiro atoms. The Morgan fingerprint density at radius 2 is 2.24 bits per heavy atom. The molecule has 3 unspecified atom stereocenters. The molecule has 1 rings (SSSR count). The van der Waals surface area contributed by atoms with E-state index in [1.54, 1.807) is 14.0 Å². The fraction of sp³-hybridized carbons (Fsp3) is 0.923. The second-order valence-electron chi connectivity index (χ2n) is 5.52. The molecule has 0 bridgehead atoms. The molecule has 4 heteroatoms. The summed E-state index contributed by atoms with van der Waals surface area (Å²) in [5.74, 6) is -0.767. The van der Waals surface area contributed by atoms with Gasteiger partial charge in [0.25, 0.3) is 0 Å². The molecule has 1 aliphatic rings. The van der Waals surface area contributed by atoms with Crippen LogP contribution in [0.5, 0.6) is 0 Å². The number of piperidine rings is 1. The number of likely N-dealkylation sites (N-methyl/N-ethyl adjacent to an activating group) is 1. The average molecular weight is 242 g/mol. The third-order valence-corrected chi connectivity index (χ3v) is 4.15. The summed E-state index contributed by atoms with van der Waals surface area (Å²) in [5.41, 5.74) is -0.823. The van der Waals surface area contributed by atoms with E-state index in [4.69, 9.17) is 0 Å². The summed E-state index contributed by atoms with van der Waals surface area (Å²) in [4.78, 5) is 13.7. The highest BCUT2D eigenvalue weighted by molar-refractivity contribution is 5.78. The van der Waals surface area contributed by atoms with Crippen LogP contribution in [0.25, 0.3) is 0 Å². The van der Waals surface area contributed by atoms with Gasteiger partial charge in [-0.25, -0.2) is 0 Å². The lowest BCUT2D eigenvalue weighted by Gasteiger charge is -2.40. The molecule has 0 saturated carbocycles. The fourth-order valence-corrected chi connectivity index (χ4v) is 2.78. The molecule has 4 nitrogen and oxygen atoms in total. The van der Waals surface area contributed by atoms with E-state index in [2.05, 4.69) is 24.1 Å². The van der Waals surface area contributed by atoms with E-state index in [0.717, 1.165) is 6.54 Å². The maximum Gasteiger partial charge on any atom is 0.323 e. The topological polar surface area (TPSA) is 52.6 Å². The lowest BCUT2D eigenvalue weighted by Crippen LogP contribution is -2.54. The van der Waals surface area contributed by atoms with Crippen molar-refractivity contribution in [3.8, 4) is 0 Å². The van der Waals surface area contributed by atoms with Crippen LogP contribution in [0.1, 0.15) is 46.5 Å². The zero-order valence-electron chi connectivity index (χ0n) is 11.5. The Balaban J connectivity index is 2.63. The van der Waals surface area contributed by atoms with Crippen LogP contribution in [0.2, 0.25) is 0 Å². The number of likely N-dealkylation sites (tertiary alicyclic amines) is 1. The fourth-order valence-electron chi connectivity index (χ4n) is 2.78. The minimum Gasteiger partial charge on any atom is -0.480 e. The summed E-state index contributed by atoms with van der Waals surface area (Å²) < 4.78 is 0. The lowest BCUT2D eigenvalue weighted by atomic mass is 9.91. The van der Waals surface area contributed by atoms with Gasteiger partial charge in [0.15, 0.2) is 0 Å². The van der Waals surface area contributed by atoms with Crippen molar-refractivity contribution in [2.45, 2.75) is 64.1 Å². The molecule has 1 saturated heterocycles. The Morgan fingerprint density at radius 1 is 1.59 bits per heavy atom. The van der Waals surface area contributed by atoms with Crippen LogP contribution in [0.3, 0.4) is 0 Å². The standard InChI is InChI=1S/C13H26N2O2/c1-10-7-5-6-8-15(10)11(2)9-13(3,14-4)12(16)17/h10-11,14H,5-9H2,1-4H3,(H,16,17). The predicted molar refractivity (Wildman–Crippen MR) is 69.2 cm³/mol. The second kappa shape index (κ2) is 5.83. The van der Waals surface area contributed by atoms with Crippen molar-refractivity contribution < 1.29 is 9.90 Å². The monoisotopic (exact) mass is 242 g/mol. The summed E-state index contributed by atoms with van der Waals surface area (Å²) in [6.07, 6.45) is 4.40. The number of hydrogen-bond donors (Lipinski definition) is 2. The summed E-state index contributed by atoms with van der Waals surface area (Å²) >= 11 is 0. The van der Waals surface area contributed by atoms with Gasteiger partial charge < -0.3 is 10.4 Å². The van der Waals surface area contributed by atoms with E-state index < -0.39 is 11.5 Å². The summed E-state index contributed by atoms with van der Waals surface area (Å²) in [6, 6.07) is 0.882. The normalized spacial score (nSPS) is 27.4. The van der Waals surface area contributed by atoms with Gasteiger partial charge in [0.2, 0.25) is 0 Å². The smallest absolute Gasteiger partial charge is 0.323 e. The molecule has 0 amide bonds. The molecular formula is C13H26N2O2. The van der Waals surface area contributed by atoms with E-state index in [0.29, 0.717) is 18.5 Å². The molecule has 0 aromatic carbocycles. The van der Waals surface area contributed by atoms with Gasteiger partial charge in [-0.1, -0.05) is 6.42 Å². The maximum atomic E-state index is 11.3. The van der Waals surface area contributed by atoms with Gasteiger partial charge in [-0.2, -0.15) is 0 Å². The van der Waals surface area contributed by atoms with Crippen molar-refractivity contribution in [3.05, 3.63) is 0 Å². The van der Waals surface area contributed by atoms with Crippen LogP contribution in [0, 0.1) is 0 Å². The van der Waals surface area contributed by atoms with E-state index in [9.17, 15) is 9.90 Å². The Labute approximate surface area is 104 Å². The number of nitrogens with zero attached hydrogens (tertiary/aromatic N) is 1. The molecule has 0 radical (unpaired) electrons. The Hall–Kier alpha value is -0.610. The van der Waals surface area contributed by atoms with Crippen LogP contribution in [-0.2, 0) is 4.79 Å². The molecule has 100 valence electrons. The van der Waals surface area contributed by atoms with Gasteiger partial charge in [-0.05, 0) is 53.6 Å². The maximum absolute atomic E-state index is 11.3. The number of carbonyl (C=O) groups is 1. The number of rotatable bonds is 5. The number of carboxylic acids is 1. The van der Waals surface area contributed by atoms with Crippen LogP contribution < -0.4 is 5.32 Å². The summed E-state index contributed by atoms with van der Waals surface area (Å²) in [7, 11) is 1.72. The summed E-state index contributed by atoms with van der Waals surface area (Å²) in [5, 5.41) is 12.2. The van der Waals surface area contributed by atoms with Crippen LogP contribution >= 0.6 is 0 Å². The lowest BCUT2D eigenvalue weighted by molar-refractivity contribution is -0.145. The van der Waals surface area contributed by atoms with E-state index in [-0.39, 0.29) is 0 Å². The quantitative estimate of drug-likeness (QED) is 0.770. The van der Waals surface area contributed by atoms with Crippen molar-refractivity contribution in [3.63, 3.8) is 0 Å². The van der Waals surface area contributed by atoms with Gasteiger partial charge >= 0.3 is 5.97 Å². The zero-order chi connectivity index (χ0) is 13.1. The van der Waals surface area contributed by atoms with Crippen LogP contribution in [-0.4, -0.2) is 47.2 Å². The van der Waals surface area contributed by atoms with Crippen LogP contribution in [0.4, 0.5) is 0 Å². The first-order valence-electron chi connectivity index (χ1n) is 6.59. The Kier molecular flexibility index (Phi) is 4.95. The molecule has 1 heterocycles. The largest absolute Gasteiger partial charge is 0.480 e. The predicted octanol–water partition coefficient (Wildman–Crippen LogP) is 1.70. The van der Waals surface area contributed by atoms with Gasteiger partial charge in [-0.15, -0.1) is 0 Å². The van der Waals surface area contributed by atoms with Gasteiger partial charge in [0.05, 0.1) is 0 Å². The van der Waals surface area contributed by atoms with Gasteiger partial charge in [0.1, 0.15) is 5.54 Å². The van der Waals surface area contributed by atoms with Crippen molar-refractivity contribution in [1.29, 1.82) is 0 Å². The molecule has 2 N–H and O–H groups in total. The third-order valence-electron chi connectivity index (χ3n) is 4.15. The minimum absolute atomic E-state index is 0.304. The number of aliphatic carboxylic acids is 1. The Morgan fingerprint density at radius 3 is 2.71 bits per heavy atom. The SMILES string of the molecule is CNC(C)(CC(C)N1CCCCC1C)C(=O)O. The van der Waals surface area contributed by atoms with Crippen molar-refractivity contribution in [1.82, 2.24) is 10.2 Å². The Bertz CT molecular complexity index is 270. The third kappa shape index (κ3) is 3.42. The highest BCUT2D eigenvalue weighted by Gasteiger charge is 2.35. The molecule has 3 atom stereocenters. The highest BCUT2D eigenvalue weighted by Crippen LogP contribution is 2.24. The molecule has 0 aromatic rings. The van der Waals surface area contributed by atoms with E-state index in [1.807, 2.05) is 0 Å². The molecular weight excluding hydrogens is 216 g/mol. The number of hydrogen-bond acceptors (Lipinski definition) is 3. The zero-order valence-corrected chi connectivity index (χ0v) is 11.5. The first-order chi connectivity index (χ1) is 7.90. The molecule has 1 aliphatic heterocycles.